The van der Waals surface area contributed by atoms with Crippen molar-refractivity contribution in [1.29, 1.82) is 0 Å². The molecule has 1 saturated carbocycles. The van der Waals surface area contributed by atoms with Crippen molar-refractivity contribution in [2.75, 3.05) is 24.2 Å². The quantitative estimate of drug-likeness (QED) is 0.769. The third-order valence-electron chi connectivity index (χ3n) is 4.91. The van der Waals surface area contributed by atoms with Crippen molar-refractivity contribution in [1.82, 2.24) is 9.55 Å². The van der Waals surface area contributed by atoms with Crippen molar-refractivity contribution >= 4 is 11.5 Å². The van der Waals surface area contributed by atoms with E-state index >= 15 is 0 Å². The van der Waals surface area contributed by atoms with Crippen LogP contribution in [0.3, 0.4) is 0 Å². The summed E-state index contributed by atoms with van der Waals surface area (Å²) in [5, 5.41) is 0. The van der Waals surface area contributed by atoms with Gasteiger partial charge in [0.25, 0.3) is 5.56 Å². The van der Waals surface area contributed by atoms with Crippen LogP contribution in [0, 0.1) is 5.92 Å². The molecule has 0 radical (unpaired) electrons. The van der Waals surface area contributed by atoms with Crippen molar-refractivity contribution < 1.29 is 0 Å². The van der Waals surface area contributed by atoms with Gasteiger partial charge in [-0.05, 0) is 25.2 Å². The van der Waals surface area contributed by atoms with E-state index < -0.39 is 5.69 Å². The molecule has 0 aliphatic heterocycles. The highest BCUT2D eigenvalue weighted by Crippen LogP contribution is 2.28. The number of H-pyrrole nitrogens is 1. The van der Waals surface area contributed by atoms with E-state index in [9.17, 15) is 9.59 Å². The summed E-state index contributed by atoms with van der Waals surface area (Å²) in [6, 6.07) is 0. The molecule has 0 aromatic carbocycles. The first-order valence-corrected chi connectivity index (χ1v) is 8.88. The number of aromatic nitrogens is 2. The summed E-state index contributed by atoms with van der Waals surface area (Å²) in [4.78, 5) is 28.4. The predicted octanol–water partition coefficient (Wildman–Crippen LogP) is 2.33. The molecular weight excluding hydrogens is 292 g/mol. The molecule has 2 rings (SSSR count). The van der Waals surface area contributed by atoms with E-state index in [2.05, 4.69) is 11.9 Å². The van der Waals surface area contributed by atoms with Gasteiger partial charge in [-0.1, -0.05) is 39.0 Å². The summed E-state index contributed by atoms with van der Waals surface area (Å²) in [5.74, 6) is 1.13. The second-order valence-corrected chi connectivity index (χ2v) is 6.71. The molecule has 1 aliphatic carbocycles. The van der Waals surface area contributed by atoms with Gasteiger partial charge in [0, 0.05) is 20.1 Å². The lowest BCUT2D eigenvalue weighted by Crippen LogP contribution is -2.37. The van der Waals surface area contributed by atoms with Crippen LogP contribution in [-0.2, 0) is 6.54 Å². The Kier molecular flexibility index (Phi) is 6.30. The highest BCUT2D eigenvalue weighted by molar-refractivity contribution is 5.61. The Morgan fingerprint density at radius 1 is 1.26 bits per heavy atom. The number of nitrogens with two attached hydrogens (primary N) is 1. The minimum absolute atomic E-state index is 0.288. The molecule has 23 heavy (non-hydrogen) atoms. The van der Waals surface area contributed by atoms with Crippen LogP contribution in [0.15, 0.2) is 9.59 Å². The molecular formula is C17H30N4O2. The summed E-state index contributed by atoms with van der Waals surface area (Å²) in [7, 11) is 1.88. The van der Waals surface area contributed by atoms with Gasteiger partial charge in [-0.2, -0.15) is 0 Å². The molecule has 1 heterocycles. The normalized spacial score (nSPS) is 15.2. The summed E-state index contributed by atoms with van der Waals surface area (Å²) in [5.41, 5.74) is 5.75. The average molecular weight is 322 g/mol. The van der Waals surface area contributed by atoms with Crippen molar-refractivity contribution in [2.24, 2.45) is 5.92 Å². The summed E-state index contributed by atoms with van der Waals surface area (Å²) < 4.78 is 1.48. The Hall–Kier alpha value is -1.72. The van der Waals surface area contributed by atoms with E-state index in [4.69, 9.17) is 5.73 Å². The second kappa shape index (κ2) is 8.22. The van der Waals surface area contributed by atoms with E-state index in [1.807, 2.05) is 11.9 Å². The molecule has 6 heteroatoms. The molecule has 0 saturated heterocycles. The molecule has 3 N–H and O–H groups in total. The Morgan fingerprint density at radius 3 is 2.61 bits per heavy atom. The Morgan fingerprint density at radius 2 is 1.96 bits per heavy atom. The number of hydrogen-bond acceptors (Lipinski definition) is 4. The van der Waals surface area contributed by atoms with Crippen LogP contribution in [-0.4, -0.2) is 23.1 Å². The van der Waals surface area contributed by atoms with Crippen molar-refractivity contribution in [3.8, 4) is 0 Å². The van der Waals surface area contributed by atoms with Gasteiger partial charge in [0.1, 0.15) is 11.5 Å². The minimum atomic E-state index is -0.413. The fourth-order valence-corrected chi connectivity index (χ4v) is 3.51. The molecule has 1 aromatic rings. The van der Waals surface area contributed by atoms with Gasteiger partial charge in [-0.15, -0.1) is 0 Å². The molecule has 130 valence electrons. The summed E-state index contributed by atoms with van der Waals surface area (Å²) >= 11 is 0. The van der Waals surface area contributed by atoms with E-state index in [1.165, 1.54) is 36.7 Å². The Balaban J connectivity index is 2.07. The van der Waals surface area contributed by atoms with Crippen molar-refractivity contribution in [2.45, 2.75) is 64.8 Å². The first-order valence-electron chi connectivity index (χ1n) is 8.88. The first kappa shape index (κ1) is 17.6. The van der Waals surface area contributed by atoms with E-state index in [0.717, 1.165) is 31.7 Å². The monoisotopic (exact) mass is 322 g/mol. The number of unbranched alkanes of at least 4 members (excludes halogenated alkanes) is 1. The minimum Gasteiger partial charge on any atom is -0.383 e. The standard InChI is InChI=1S/C17H30N4O2/c1-3-4-12-21-15(18)14(16(22)19-17(21)23)20(2)11-7-10-13-8-5-6-9-13/h13H,3-12,18H2,1-2H3,(H,19,22,23). The van der Waals surface area contributed by atoms with Crippen LogP contribution >= 0.6 is 0 Å². The van der Waals surface area contributed by atoms with E-state index in [1.54, 1.807) is 0 Å². The topological polar surface area (TPSA) is 84.1 Å². The zero-order valence-corrected chi connectivity index (χ0v) is 14.4. The van der Waals surface area contributed by atoms with Crippen LogP contribution in [0.4, 0.5) is 11.5 Å². The summed E-state index contributed by atoms with van der Waals surface area (Å²) in [6.07, 6.45) is 9.48. The number of nitrogens with one attached hydrogen (secondary N) is 1. The Labute approximate surface area is 137 Å². The molecule has 0 bridgehead atoms. The maximum Gasteiger partial charge on any atom is 0.330 e. The number of anilines is 2. The lowest BCUT2D eigenvalue weighted by Gasteiger charge is -2.22. The average Bonchev–Trinajstić information content (AvgIpc) is 3.00. The molecule has 6 nitrogen and oxygen atoms in total. The molecule has 0 amide bonds. The molecule has 1 aromatic heterocycles. The maximum absolute atomic E-state index is 12.2. The highest BCUT2D eigenvalue weighted by Gasteiger charge is 2.18. The maximum atomic E-state index is 12.2. The van der Waals surface area contributed by atoms with Crippen molar-refractivity contribution in [3.63, 3.8) is 0 Å². The number of nitrogens with zero attached hydrogens (tertiary/aromatic N) is 2. The van der Waals surface area contributed by atoms with Crippen LogP contribution in [0.25, 0.3) is 0 Å². The van der Waals surface area contributed by atoms with Crippen LogP contribution < -0.4 is 21.9 Å². The van der Waals surface area contributed by atoms with Crippen LogP contribution in [0.2, 0.25) is 0 Å². The van der Waals surface area contributed by atoms with Crippen LogP contribution in [0.5, 0.6) is 0 Å². The van der Waals surface area contributed by atoms with Gasteiger partial charge in [-0.25, -0.2) is 4.79 Å². The lowest BCUT2D eigenvalue weighted by atomic mass is 10.0. The number of hydrogen-bond donors (Lipinski definition) is 2. The molecule has 1 aliphatic rings. The predicted molar refractivity (Wildman–Crippen MR) is 95.1 cm³/mol. The van der Waals surface area contributed by atoms with Gasteiger partial charge in [0.2, 0.25) is 0 Å². The number of nitrogen functional groups attached to an aromatic ring is 1. The fourth-order valence-electron chi connectivity index (χ4n) is 3.51. The molecule has 0 unspecified atom stereocenters. The van der Waals surface area contributed by atoms with Crippen LogP contribution in [0.1, 0.15) is 58.3 Å². The van der Waals surface area contributed by atoms with Gasteiger partial charge < -0.3 is 10.6 Å². The first-order chi connectivity index (χ1) is 11.0. The van der Waals surface area contributed by atoms with Gasteiger partial charge in [0.15, 0.2) is 0 Å². The van der Waals surface area contributed by atoms with Gasteiger partial charge >= 0.3 is 5.69 Å². The zero-order valence-electron chi connectivity index (χ0n) is 14.4. The van der Waals surface area contributed by atoms with E-state index in [0.29, 0.717) is 12.2 Å². The summed E-state index contributed by atoms with van der Waals surface area (Å²) in [6.45, 7) is 3.39. The van der Waals surface area contributed by atoms with Crippen molar-refractivity contribution in [3.05, 3.63) is 20.8 Å². The van der Waals surface area contributed by atoms with Gasteiger partial charge in [0.05, 0.1) is 0 Å². The Bertz CT molecular complexity index is 614. The van der Waals surface area contributed by atoms with Gasteiger partial charge in [-0.3, -0.25) is 14.3 Å². The second-order valence-electron chi connectivity index (χ2n) is 6.71. The molecule has 1 fully saturated rings. The van der Waals surface area contributed by atoms with E-state index in [-0.39, 0.29) is 11.4 Å². The highest BCUT2D eigenvalue weighted by atomic mass is 16.2. The SMILES string of the molecule is CCCCn1c(N)c(N(C)CCCC2CCCC2)c(=O)[nH]c1=O. The molecule has 0 spiro atoms. The third kappa shape index (κ3) is 4.39. The fraction of sp³-hybridized carbons (Fsp3) is 0.765. The molecule has 0 atom stereocenters. The lowest BCUT2D eigenvalue weighted by molar-refractivity contribution is 0.484. The zero-order chi connectivity index (χ0) is 16.8. The largest absolute Gasteiger partial charge is 0.383 e. The third-order valence-corrected chi connectivity index (χ3v) is 4.91. The number of aromatic amines is 1. The smallest absolute Gasteiger partial charge is 0.330 e. The number of rotatable bonds is 8.